The van der Waals surface area contributed by atoms with Crippen LogP contribution >= 0.6 is 0 Å². The van der Waals surface area contributed by atoms with E-state index in [2.05, 4.69) is 63.0 Å². The zero-order valence-electron chi connectivity index (χ0n) is 23.2. The Morgan fingerprint density at radius 3 is 2.65 bits per heavy atom. The number of aromatic amines is 1. The number of aryl methyl sites for hydroxylation is 1. The topological polar surface area (TPSA) is 106 Å². The van der Waals surface area contributed by atoms with Crippen molar-refractivity contribution >= 4 is 22.3 Å². The lowest BCUT2D eigenvalue weighted by atomic mass is 9.79. The summed E-state index contributed by atoms with van der Waals surface area (Å²) in [6.07, 6.45) is 12.0. The number of hydrogen-bond acceptors (Lipinski definition) is 5. The highest BCUT2D eigenvalue weighted by Gasteiger charge is 2.26. The van der Waals surface area contributed by atoms with E-state index in [1.54, 1.807) is 19.4 Å². The molecular weight excluding hydrogens is 498 g/mol. The van der Waals surface area contributed by atoms with Gasteiger partial charge in [-0.05, 0) is 84.2 Å². The lowest BCUT2D eigenvalue weighted by Gasteiger charge is -2.27. The molecule has 206 valence electrons. The van der Waals surface area contributed by atoms with Crippen LogP contribution in [0.15, 0.2) is 91.0 Å². The van der Waals surface area contributed by atoms with Crippen molar-refractivity contribution in [1.82, 2.24) is 20.5 Å². The number of nitrogens with one attached hydrogen (secondary N) is 2. The zero-order chi connectivity index (χ0) is 28.0. The molecule has 3 aromatic carbocycles. The molecule has 0 fully saturated rings. The molecule has 1 heterocycles. The number of nitrogens with two attached hydrogens (primary N) is 1. The minimum absolute atomic E-state index is 0.192. The number of carbonyl (C=O) groups excluding carboxylic acids is 1. The van der Waals surface area contributed by atoms with Gasteiger partial charge in [0.2, 0.25) is 5.91 Å². The summed E-state index contributed by atoms with van der Waals surface area (Å²) in [6, 6.07) is 20.8. The van der Waals surface area contributed by atoms with Crippen LogP contribution < -0.4 is 11.1 Å². The number of rotatable bonds is 7. The molecule has 0 saturated carbocycles. The van der Waals surface area contributed by atoms with Crippen LogP contribution in [0.1, 0.15) is 61.4 Å². The zero-order valence-corrected chi connectivity index (χ0v) is 23.2. The van der Waals surface area contributed by atoms with E-state index in [1.165, 1.54) is 46.5 Å². The first-order valence-corrected chi connectivity index (χ1v) is 13.8. The first-order chi connectivity index (χ1) is 19.4. The van der Waals surface area contributed by atoms with Crippen molar-refractivity contribution in [3.63, 3.8) is 0 Å². The molecule has 0 saturated heterocycles. The van der Waals surface area contributed by atoms with Crippen LogP contribution in [0, 0.1) is 0 Å². The van der Waals surface area contributed by atoms with Crippen molar-refractivity contribution in [2.75, 3.05) is 6.61 Å². The Labute approximate surface area is 235 Å². The molecule has 1 atom stereocenters. The minimum Gasteiger partial charge on any atom is -0.374 e. The number of ether oxygens (including phenoxy) is 1. The number of allylic oxidation sites excluding steroid dienone is 4. The van der Waals surface area contributed by atoms with Gasteiger partial charge in [0.05, 0.1) is 24.8 Å². The third-order valence-electron chi connectivity index (χ3n) is 7.42. The summed E-state index contributed by atoms with van der Waals surface area (Å²) < 4.78 is 6.07. The van der Waals surface area contributed by atoms with Gasteiger partial charge in [0.25, 0.3) is 0 Å². The highest BCUT2D eigenvalue weighted by molar-refractivity contribution is 5.94. The number of benzene rings is 3. The van der Waals surface area contributed by atoms with Gasteiger partial charge >= 0.3 is 0 Å². The van der Waals surface area contributed by atoms with E-state index in [0.29, 0.717) is 13.2 Å². The Morgan fingerprint density at radius 2 is 1.93 bits per heavy atom. The molecule has 7 nitrogen and oxygen atoms in total. The lowest BCUT2D eigenvalue weighted by Crippen LogP contribution is -2.50. The third kappa shape index (κ3) is 6.55. The maximum Gasteiger partial charge on any atom is 0.240 e. The molecule has 1 amide bonds. The summed E-state index contributed by atoms with van der Waals surface area (Å²) in [7, 11) is 0. The first kappa shape index (κ1) is 27.5. The van der Waals surface area contributed by atoms with Crippen molar-refractivity contribution in [3.8, 4) is 0 Å². The second-order valence-corrected chi connectivity index (χ2v) is 10.9. The van der Waals surface area contributed by atoms with Gasteiger partial charge in [-0.2, -0.15) is 5.10 Å². The molecule has 0 radical (unpaired) electrons. The summed E-state index contributed by atoms with van der Waals surface area (Å²) in [6.45, 7) is 4.31. The smallest absolute Gasteiger partial charge is 0.240 e. The fourth-order valence-corrected chi connectivity index (χ4v) is 5.27. The maximum atomic E-state index is 12.8. The molecule has 1 unspecified atom stereocenters. The highest BCUT2D eigenvalue weighted by atomic mass is 16.5. The summed E-state index contributed by atoms with van der Waals surface area (Å²) in [4.78, 5) is 16.4. The van der Waals surface area contributed by atoms with Gasteiger partial charge in [0.1, 0.15) is 12.7 Å². The molecule has 4 N–H and O–H groups in total. The van der Waals surface area contributed by atoms with Crippen LogP contribution in [0.3, 0.4) is 0 Å². The van der Waals surface area contributed by atoms with E-state index in [1.807, 2.05) is 30.3 Å². The fraction of sp³-hybridized carbons (Fsp3) is 0.303. The van der Waals surface area contributed by atoms with Gasteiger partial charge in [0, 0.05) is 0 Å². The lowest BCUT2D eigenvalue weighted by molar-refractivity contribution is -0.126. The molecule has 6 rings (SSSR count). The Balaban J connectivity index is 0.000000582. The van der Waals surface area contributed by atoms with Gasteiger partial charge in [-0.3, -0.25) is 9.89 Å². The van der Waals surface area contributed by atoms with Gasteiger partial charge in [-0.25, -0.2) is 4.98 Å². The van der Waals surface area contributed by atoms with Crippen LogP contribution in [-0.2, 0) is 22.6 Å². The van der Waals surface area contributed by atoms with E-state index in [-0.39, 0.29) is 11.9 Å². The highest BCUT2D eigenvalue weighted by Crippen LogP contribution is 2.40. The van der Waals surface area contributed by atoms with Crippen molar-refractivity contribution < 1.29 is 9.53 Å². The molecule has 0 aliphatic heterocycles. The van der Waals surface area contributed by atoms with E-state index in [9.17, 15) is 4.79 Å². The first-order valence-electron chi connectivity index (χ1n) is 13.8. The quantitative estimate of drug-likeness (QED) is 0.277. The molecule has 1 aromatic heterocycles. The summed E-state index contributed by atoms with van der Waals surface area (Å²) in [5, 5.41) is 11.6. The normalized spacial score (nSPS) is 15.1. The van der Waals surface area contributed by atoms with Crippen LogP contribution in [0.5, 0.6) is 0 Å². The Hall–Kier alpha value is -4.07. The molecular formula is C33H37N5O2. The second-order valence-electron chi connectivity index (χ2n) is 10.9. The van der Waals surface area contributed by atoms with Crippen molar-refractivity contribution in [2.24, 2.45) is 5.73 Å². The van der Waals surface area contributed by atoms with E-state index < -0.39 is 5.54 Å². The number of H-pyrrole nitrogens is 1. The Bertz CT molecular complexity index is 1480. The van der Waals surface area contributed by atoms with Crippen molar-refractivity contribution in [3.05, 3.63) is 113 Å². The minimum atomic E-state index is -0.968. The third-order valence-corrected chi connectivity index (χ3v) is 7.42. The average molecular weight is 536 g/mol. The Morgan fingerprint density at radius 1 is 1.10 bits per heavy atom. The largest absolute Gasteiger partial charge is 0.374 e. The van der Waals surface area contributed by atoms with E-state index in [4.69, 9.17) is 10.5 Å². The van der Waals surface area contributed by atoms with Gasteiger partial charge in [0.15, 0.2) is 0 Å². The van der Waals surface area contributed by atoms with Crippen LogP contribution in [-0.4, -0.2) is 33.2 Å². The summed E-state index contributed by atoms with van der Waals surface area (Å²) >= 11 is 0. The predicted molar refractivity (Wildman–Crippen MR) is 159 cm³/mol. The molecule has 40 heavy (non-hydrogen) atoms. The van der Waals surface area contributed by atoms with Crippen LogP contribution in [0.25, 0.3) is 16.3 Å². The molecule has 4 aromatic rings. The molecule has 0 bridgehead atoms. The molecule has 2 aliphatic rings. The monoisotopic (exact) mass is 535 g/mol. The number of nitrogens with zero attached hydrogens (tertiary/aromatic N) is 2. The van der Waals surface area contributed by atoms with Crippen LogP contribution in [0.4, 0.5) is 0 Å². The van der Waals surface area contributed by atoms with Crippen LogP contribution in [0.2, 0.25) is 0 Å². The Kier molecular flexibility index (Phi) is 8.53. The average Bonchev–Trinajstić information content (AvgIpc) is 3.57. The summed E-state index contributed by atoms with van der Waals surface area (Å²) in [5.74, 6) is -0.192. The van der Waals surface area contributed by atoms with Gasteiger partial charge < -0.3 is 15.8 Å². The molecule has 2 aliphatic carbocycles. The van der Waals surface area contributed by atoms with E-state index in [0.717, 1.165) is 30.4 Å². The molecule has 0 spiro atoms. The predicted octanol–water partition coefficient (Wildman–Crippen LogP) is 5.81. The number of aromatic nitrogens is 3. The fourth-order valence-electron chi connectivity index (χ4n) is 5.27. The summed E-state index contributed by atoms with van der Waals surface area (Å²) in [5.41, 5.74) is 13.0. The molecule has 7 heteroatoms. The second kappa shape index (κ2) is 12.4. The van der Waals surface area contributed by atoms with E-state index >= 15 is 0 Å². The van der Waals surface area contributed by atoms with Crippen molar-refractivity contribution in [1.29, 1.82) is 0 Å². The number of carbonyl (C=O) groups is 1. The number of hydrogen-bond donors (Lipinski definition) is 3. The van der Waals surface area contributed by atoms with Gasteiger partial charge in [-0.15, -0.1) is 0 Å². The number of fused-ring (bicyclic) bond motifs is 4. The maximum absolute atomic E-state index is 12.8. The standard InChI is InChI=1S/C31H34N2O2.C2H3N3/c1-31(2,32)30(34)33-29(20-35-19-21-8-4-3-5-9-21)24-13-12-23-15-16-26-25-11-7-6-10-22(25)14-17-27(26)28(23)18-24;1-3-2-5-4-1/h3-5,7-9,11-13,15-16,18,29H,6,10,14,17,19-20,32H2,1-2H3,(H,33,34);1-2H,(H,3,4,5). The van der Waals surface area contributed by atoms with Crippen molar-refractivity contribution in [2.45, 2.75) is 57.7 Å². The SMILES string of the molecule is CC(C)(N)C(=O)NC(COCc1ccccc1)c1ccc2ccc3c(c2c1)CCC1=C3C=CCC1.c1nc[nH]n1. The number of amides is 1. The van der Waals surface area contributed by atoms with Gasteiger partial charge in [-0.1, -0.05) is 72.3 Å².